The summed E-state index contributed by atoms with van der Waals surface area (Å²) in [5.41, 5.74) is 0. The van der Waals surface area contributed by atoms with Crippen molar-refractivity contribution in [3.8, 4) is 0 Å². The molecule has 0 aromatic carbocycles. The van der Waals surface area contributed by atoms with Crippen molar-refractivity contribution in [3.05, 3.63) is 17.5 Å². The number of halogens is 1. The molecule has 7 nitrogen and oxygen atoms in total. The Labute approximate surface area is 182 Å². The van der Waals surface area contributed by atoms with E-state index in [0.29, 0.717) is 39.3 Å². The maximum Gasteiger partial charge on any atom is 0.224 e. The third-order valence-electron chi connectivity index (χ3n) is 4.68. The minimum absolute atomic E-state index is 0. The summed E-state index contributed by atoms with van der Waals surface area (Å²) in [7, 11) is 0. The lowest BCUT2D eigenvalue weighted by Gasteiger charge is -2.37. The molecule has 1 aromatic heterocycles. The van der Waals surface area contributed by atoms with Crippen molar-refractivity contribution in [2.24, 2.45) is 4.99 Å². The molecule has 27 heavy (non-hydrogen) atoms. The van der Waals surface area contributed by atoms with Gasteiger partial charge in [0.05, 0.1) is 24.8 Å². The van der Waals surface area contributed by atoms with E-state index in [4.69, 9.17) is 9.73 Å². The molecule has 2 saturated heterocycles. The molecule has 2 aliphatic rings. The number of carbonyl (C=O) groups excluding carboxylic acids is 1. The van der Waals surface area contributed by atoms with E-state index in [2.05, 4.69) is 39.6 Å². The number of hydrogen-bond donors (Lipinski definition) is 1. The predicted molar refractivity (Wildman–Crippen MR) is 122 cm³/mol. The van der Waals surface area contributed by atoms with Crippen molar-refractivity contribution in [1.82, 2.24) is 15.1 Å². The number of hydrogen-bond acceptors (Lipinski definition) is 5. The van der Waals surface area contributed by atoms with Crippen LogP contribution < -0.4 is 10.2 Å². The van der Waals surface area contributed by atoms with Crippen LogP contribution in [0, 0.1) is 0 Å². The third kappa shape index (κ3) is 6.49. The van der Waals surface area contributed by atoms with Gasteiger partial charge in [0.1, 0.15) is 0 Å². The Hall–Kier alpha value is -1.07. The highest BCUT2D eigenvalue weighted by Crippen LogP contribution is 2.22. The van der Waals surface area contributed by atoms with E-state index in [-0.39, 0.29) is 29.9 Å². The Kier molecular flexibility index (Phi) is 9.63. The molecule has 1 amide bonds. The molecule has 9 heteroatoms. The first-order chi connectivity index (χ1) is 12.8. The zero-order valence-electron chi connectivity index (χ0n) is 15.9. The van der Waals surface area contributed by atoms with Gasteiger partial charge in [-0.05, 0) is 24.4 Å². The Morgan fingerprint density at radius 3 is 2.56 bits per heavy atom. The number of rotatable bonds is 5. The van der Waals surface area contributed by atoms with Crippen LogP contribution in [0.15, 0.2) is 22.5 Å². The van der Waals surface area contributed by atoms with Crippen molar-refractivity contribution >= 4 is 52.2 Å². The van der Waals surface area contributed by atoms with E-state index in [9.17, 15) is 4.79 Å². The molecule has 2 aliphatic heterocycles. The van der Waals surface area contributed by atoms with Gasteiger partial charge in [0.15, 0.2) is 5.96 Å². The average molecular weight is 507 g/mol. The van der Waals surface area contributed by atoms with Crippen LogP contribution in [0.1, 0.15) is 13.3 Å². The fourth-order valence-electron chi connectivity index (χ4n) is 3.24. The summed E-state index contributed by atoms with van der Waals surface area (Å²) in [5, 5.41) is 6.83. The van der Waals surface area contributed by atoms with Gasteiger partial charge in [-0.1, -0.05) is 0 Å². The summed E-state index contributed by atoms with van der Waals surface area (Å²) >= 11 is 1.79. The highest BCUT2D eigenvalue weighted by Gasteiger charge is 2.21. The molecule has 0 spiro atoms. The van der Waals surface area contributed by atoms with Crippen molar-refractivity contribution in [2.45, 2.75) is 13.3 Å². The third-order valence-corrected chi connectivity index (χ3v) is 5.61. The minimum atomic E-state index is 0. The largest absolute Gasteiger partial charge is 0.378 e. The quantitative estimate of drug-likeness (QED) is 0.374. The molecule has 0 aliphatic carbocycles. The second kappa shape index (κ2) is 11.7. The Morgan fingerprint density at radius 1 is 1.19 bits per heavy atom. The number of aliphatic imine (C=N–C) groups is 1. The first-order valence-electron chi connectivity index (χ1n) is 9.45. The fourth-order valence-corrected chi connectivity index (χ4v) is 4.03. The number of piperazine rings is 1. The predicted octanol–water partition coefficient (Wildman–Crippen LogP) is 1.70. The number of morpholine rings is 1. The maximum absolute atomic E-state index is 12.2. The van der Waals surface area contributed by atoms with Crippen molar-refractivity contribution in [3.63, 3.8) is 0 Å². The SMILES string of the molecule is CCNC(=NCCC(=O)N1CCOCC1)N1CCN(c2cccs2)CC1.I. The molecular formula is C18H30IN5O2S. The molecule has 3 heterocycles. The standard InChI is InChI=1S/C18H29N5O2S.HI/c1-2-19-18(20-6-5-16(24)21-11-13-25-14-12-21)23-9-7-22(8-10-23)17-4-3-15-26-17;/h3-4,15H,2,5-14H2,1H3,(H,19,20);1H. The highest BCUT2D eigenvalue weighted by atomic mass is 127. The lowest BCUT2D eigenvalue weighted by atomic mass is 10.3. The summed E-state index contributed by atoms with van der Waals surface area (Å²) in [6.07, 6.45) is 0.462. The van der Waals surface area contributed by atoms with Gasteiger partial charge in [-0.15, -0.1) is 35.3 Å². The van der Waals surface area contributed by atoms with Gasteiger partial charge < -0.3 is 24.8 Å². The number of nitrogens with one attached hydrogen (secondary N) is 1. The molecule has 0 unspecified atom stereocenters. The molecule has 0 saturated carbocycles. The number of nitrogens with zero attached hydrogens (tertiary/aromatic N) is 4. The lowest BCUT2D eigenvalue weighted by Crippen LogP contribution is -2.52. The molecular weight excluding hydrogens is 477 g/mol. The number of anilines is 1. The zero-order chi connectivity index (χ0) is 18.2. The number of amides is 1. The summed E-state index contributed by atoms with van der Waals surface area (Å²) in [4.78, 5) is 23.5. The van der Waals surface area contributed by atoms with E-state index in [1.807, 2.05) is 4.90 Å². The maximum atomic E-state index is 12.2. The number of guanidine groups is 1. The average Bonchev–Trinajstić information content (AvgIpc) is 3.23. The van der Waals surface area contributed by atoms with E-state index in [1.165, 1.54) is 5.00 Å². The molecule has 1 aromatic rings. The summed E-state index contributed by atoms with van der Waals surface area (Å²) in [5.74, 6) is 1.10. The van der Waals surface area contributed by atoms with Crippen LogP contribution in [-0.4, -0.2) is 87.2 Å². The van der Waals surface area contributed by atoms with E-state index in [1.54, 1.807) is 11.3 Å². The van der Waals surface area contributed by atoms with Gasteiger partial charge in [0, 0.05) is 52.2 Å². The van der Waals surface area contributed by atoms with Crippen LogP contribution in [0.5, 0.6) is 0 Å². The second-order valence-electron chi connectivity index (χ2n) is 6.40. The van der Waals surface area contributed by atoms with Crippen LogP contribution in [-0.2, 0) is 9.53 Å². The van der Waals surface area contributed by atoms with Crippen molar-refractivity contribution in [2.75, 3.05) is 70.5 Å². The fraction of sp³-hybridized carbons (Fsp3) is 0.667. The van der Waals surface area contributed by atoms with E-state index >= 15 is 0 Å². The van der Waals surface area contributed by atoms with Gasteiger partial charge in [-0.2, -0.15) is 0 Å². The number of ether oxygens (including phenoxy) is 1. The van der Waals surface area contributed by atoms with Crippen LogP contribution in [0.25, 0.3) is 0 Å². The first-order valence-corrected chi connectivity index (χ1v) is 10.3. The molecule has 0 bridgehead atoms. The summed E-state index contributed by atoms with van der Waals surface area (Å²) in [6.45, 7) is 10.0. The van der Waals surface area contributed by atoms with Gasteiger partial charge in [0.2, 0.25) is 5.91 Å². The molecule has 0 radical (unpaired) electrons. The first kappa shape index (κ1) is 22.2. The van der Waals surface area contributed by atoms with Crippen molar-refractivity contribution < 1.29 is 9.53 Å². The van der Waals surface area contributed by atoms with Crippen LogP contribution >= 0.6 is 35.3 Å². The number of thiophene rings is 1. The smallest absolute Gasteiger partial charge is 0.224 e. The van der Waals surface area contributed by atoms with Crippen LogP contribution in [0.2, 0.25) is 0 Å². The Morgan fingerprint density at radius 2 is 1.93 bits per heavy atom. The Bertz CT molecular complexity index is 585. The van der Waals surface area contributed by atoms with E-state index < -0.39 is 0 Å². The van der Waals surface area contributed by atoms with Crippen LogP contribution in [0.4, 0.5) is 5.00 Å². The van der Waals surface area contributed by atoms with E-state index in [0.717, 1.165) is 38.7 Å². The molecule has 3 rings (SSSR count). The zero-order valence-corrected chi connectivity index (χ0v) is 19.1. The lowest BCUT2D eigenvalue weighted by molar-refractivity contribution is -0.135. The topological polar surface area (TPSA) is 60.4 Å². The summed E-state index contributed by atoms with van der Waals surface area (Å²) < 4.78 is 5.30. The van der Waals surface area contributed by atoms with Crippen molar-refractivity contribution in [1.29, 1.82) is 0 Å². The highest BCUT2D eigenvalue weighted by molar-refractivity contribution is 14.0. The normalized spacial score (nSPS) is 18.3. The van der Waals surface area contributed by atoms with Crippen LogP contribution in [0.3, 0.4) is 0 Å². The summed E-state index contributed by atoms with van der Waals surface area (Å²) in [6, 6.07) is 4.28. The van der Waals surface area contributed by atoms with Gasteiger partial charge >= 0.3 is 0 Å². The molecule has 2 fully saturated rings. The van der Waals surface area contributed by atoms with Gasteiger partial charge in [0.25, 0.3) is 0 Å². The second-order valence-corrected chi connectivity index (χ2v) is 7.33. The molecule has 1 N–H and O–H groups in total. The monoisotopic (exact) mass is 507 g/mol. The minimum Gasteiger partial charge on any atom is -0.378 e. The van der Waals surface area contributed by atoms with Gasteiger partial charge in [-0.3, -0.25) is 9.79 Å². The molecule has 0 atom stereocenters. The Balaban J connectivity index is 0.00000261. The van der Waals surface area contributed by atoms with Gasteiger partial charge in [-0.25, -0.2) is 0 Å². The number of carbonyl (C=O) groups is 1. The molecule has 152 valence electrons.